The summed E-state index contributed by atoms with van der Waals surface area (Å²) >= 11 is 0. The van der Waals surface area contributed by atoms with Gasteiger partial charge in [-0.1, -0.05) is 96.6 Å². The van der Waals surface area contributed by atoms with E-state index >= 15 is 0 Å². The molecule has 2 nitrogen and oxygen atoms in total. The quantitative estimate of drug-likeness (QED) is 0.488. The van der Waals surface area contributed by atoms with Crippen LogP contribution in [0.5, 0.6) is 0 Å². The molecular weight excluding hydrogens is 372 g/mol. The molecule has 0 aliphatic heterocycles. The Bertz CT molecular complexity index is 931. The van der Waals surface area contributed by atoms with Gasteiger partial charge in [0, 0.05) is 12.3 Å². The Morgan fingerprint density at radius 1 is 0.724 bits per heavy atom. The van der Waals surface area contributed by atoms with Gasteiger partial charge in [0.2, 0.25) is 0 Å². The zero-order valence-corrected chi connectivity index (χ0v) is 17.3. The van der Waals surface area contributed by atoms with Crippen LogP contribution in [0, 0.1) is 5.92 Å². The van der Waals surface area contributed by atoms with E-state index in [9.17, 15) is 4.79 Å². The average Bonchev–Trinajstić information content (AvgIpc) is 3.33. The van der Waals surface area contributed by atoms with Crippen molar-refractivity contribution >= 4 is 29.7 Å². The highest BCUT2D eigenvalue weighted by Crippen LogP contribution is 2.41. The molecule has 0 unspecified atom stereocenters. The van der Waals surface area contributed by atoms with Crippen LogP contribution in [0.4, 0.5) is 0 Å². The van der Waals surface area contributed by atoms with Gasteiger partial charge in [0.25, 0.3) is 8.32 Å². The number of fused-ring (bicyclic) bond motifs is 1. The molecule has 1 saturated carbocycles. The third-order valence-electron chi connectivity index (χ3n) is 6.28. The number of hydrogen-bond donors (Lipinski definition) is 0. The van der Waals surface area contributed by atoms with E-state index in [0.717, 1.165) is 12.8 Å². The summed E-state index contributed by atoms with van der Waals surface area (Å²) in [6.07, 6.45) is 4.52. The highest BCUT2D eigenvalue weighted by molar-refractivity contribution is 7.07. The first kappa shape index (κ1) is 18.3. The van der Waals surface area contributed by atoms with Gasteiger partial charge >= 0.3 is 0 Å². The minimum atomic E-state index is -2.71. The monoisotopic (exact) mass is 396 g/mol. The summed E-state index contributed by atoms with van der Waals surface area (Å²) in [5.41, 5.74) is 1.29. The molecule has 0 saturated heterocycles. The first-order chi connectivity index (χ1) is 14.3. The van der Waals surface area contributed by atoms with E-state index in [-0.39, 0.29) is 17.8 Å². The SMILES string of the molecule is O=C1C=C2CC[C@H](O[Si](c3ccccc3)(c3ccccc3)c3ccccc3)[C@H]2C1. The Labute approximate surface area is 173 Å². The van der Waals surface area contributed by atoms with E-state index in [1.54, 1.807) is 0 Å². The standard InChI is InChI=1S/C26H24O2Si/c27-21-18-20-16-17-26(25(20)19-21)28-29(22-10-4-1-5-11-22,23-12-6-2-7-13-23)24-14-8-3-9-15-24/h1-15,18,25-26H,16-17,19H2/t25-,26-/m0/s1. The van der Waals surface area contributed by atoms with Crippen LogP contribution in [-0.4, -0.2) is 20.2 Å². The summed E-state index contributed by atoms with van der Waals surface area (Å²) in [7, 11) is -2.71. The number of ketones is 1. The van der Waals surface area contributed by atoms with Gasteiger partial charge in [-0.05, 0) is 34.5 Å². The molecule has 3 heteroatoms. The third kappa shape index (κ3) is 3.20. The molecule has 0 spiro atoms. The first-order valence-electron chi connectivity index (χ1n) is 10.3. The topological polar surface area (TPSA) is 26.3 Å². The zero-order valence-electron chi connectivity index (χ0n) is 16.3. The molecule has 0 aromatic heterocycles. The number of rotatable bonds is 5. The van der Waals surface area contributed by atoms with Crippen LogP contribution in [0.15, 0.2) is 103 Å². The van der Waals surface area contributed by atoms with Crippen LogP contribution in [0.1, 0.15) is 19.3 Å². The summed E-state index contributed by atoms with van der Waals surface area (Å²) in [6, 6.07) is 32.0. The molecule has 3 aromatic carbocycles. The summed E-state index contributed by atoms with van der Waals surface area (Å²) in [5, 5.41) is 3.75. The first-order valence-corrected chi connectivity index (χ1v) is 12.3. The summed E-state index contributed by atoms with van der Waals surface area (Å²) in [4.78, 5) is 12.1. The molecule has 2 aliphatic carbocycles. The number of carbonyl (C=O) groups is 1. The molecule has 0 N–H and O–H groups in total. The lowest BCUT2D eigenvalue weighted by Gasteiger charge is -2.37. The van der Waals surface area contributed by atoms with Gasteiger partial charge in [-0.25, -0.2) is 0 Å². The molecule has 1 fully saturated rings. The normalized spacial score (nSPS) is 21.1. The Morgan fingerprint density at radius 3 is 1.69 bits per heavy atom. The van der Waals surface area contributed by atoms with E-state index < -0.39 is 8.32 Å². The third-order valence-corrected chi connectivity index (χ3v) is 10.4. The number of hydrogen-bond acceptors (Lipinski definition) is 2. The van der Waals surface area contributed by atoms with E-state index in [1.165, 1.54) is 21.1 Å². The van der Waals surface area contributed by atoms with E-state index in [1.807, 2.05) is 6.08 Å². The van der Waals surface area contributed by atoms with Gasteiger partial charge in [0.15, 0.2) is 5.78 Å². The molecule has 29 heavy (non-hydrogen) atoms. The highest BCUT2D eigenvalue weighted by atomic mass is 28.4. The van der Waals surface area contributed by atoms with Gasteiger partial charge in [-0.3, -0.25) is 4.79 Å². The maximum atomic E-state index is 12.1. The minimum Gasteiger partial charge on any atom is -0.401 e. The molecule has 5 rings (SSSR count). The lowest BCUT2D eigenvalue weighted by Crippen LogP contribution is -2.70. The summed E-state index contributed by atoms with van der Waals surface area (Å²) < 4.78 is 7.27. The van der Waals surface area contributed by atoms with Crippen molar-refractivity contribution in [3.63, 3.8) is 0 Å². The number of carbonyl (C=O) groups excluding carboxylic acids is 1. The fraction of sp³-hybridized carbons (Fsp3) is 0.192. The van der Waals surface area contributed by atoms with Crippen LogP contribution in [0.25, 0.3) is 0 Å². The van der Waals surface area contributed by atoms with Gasteiger partial charge in [0.1, 0.15) is 0 Å². The van der Waals surface area contributed by atoms with Gasteiger partial charge < -0.3 is 4.43 Å². The fourth-order valence-electron chi connectivity index (χ4n) is 4.95. The maximum absolute atomic E-state index is 12.1. The average molecular weight is 397 g/mol. The van der Waals surface area contributed by atoms with Gasteiger partial charge in [0.05, 0.1) is 6.10 Å². The second kappa shape index (κ2) is 7.58. The van der Waals surface area contributed by atoms with E-state index in [4.69, 9.17) is 4.43 Å². The Hall–Kier alpha value is -2.75. The second-order valence-corrected chi connectivity index (χ2v) is 11.3. The van der Waals surface area contributed by atoms with Crippen LogP contribution in [0.3, 0.4) is 0 Å². The molecule has 3 aromatic rings. The van der Waals surface area contributed by atoms with Crippen molar-refractivity contribution in [3.05, 3.63) is 103 Å². The van der Waals surface area contributed by atoms with Crippen LogP contribution in [-0.2, 0) is 9.22 Å². The fourth-order valence-corrected chi connectivity index (χ4v) is 9.08. The molecule has 144 valence electrons. The maximum Gasteiger partial charge on any atom is 0.288 e. The lowest BCUT2D eigenvalue weighted by atomic mass is 10.0. The Balaban J connectivity index is 1.68. The van der Waals surface area contributed by atoms with Crippen molar-refractivity contribution < 1.29 is 9.22 Å². The molecular formula is C26H24O2Si. The second-order valence-electron chi connectivity index (χ2n) is 7.97. The summed E-state index contributed by atoms with van der Waals surface area (Å²) in [6.45, 7) is 0. The predicted molar refractivity (Wildman–Crippen MR) is 119 cm³/mol. The molecule has 0 heterocycles. The largest absolute Gasteiger partial charge is 0.401 e. The van der Waals surface area contributed by atoms with Gasteiger partial charge in [-0.15, -0.1) is 0 Å². The summed E-state index contributed by atoms with van der Waals surface area (Å²) in [5.74, 6) is 0.496. The van der Waals surface area contributed by atoms with Crippen LogP contribution in [0.2, 0.25) is 0 Å². The smallest absolute Gasteiger partial charge is 0.288 e. The van der Waals surface area contributed by atoms with Crippen molar-refractivity contribution in [1.29, 1.82) is 0 Å². The molecule has 2 aliphatic rings. The Morgan fingerprint density at radius 2 is 1.21 bits per heavy atom. The van der Waals surface area contributed by atoms with E-state index in [2.05, 4.69) is 91.0 Å². The minimum absolute atomic E-state index is 0.0833. The van der Waals surface area contributed by atoms with Crippen LogP contribution >= 0.6 is 0 Å². The predicted octanol–water partition coefficient (Wildman–Crippen LogP) is 3.35. The van der Waals surface area contributed by atoms with Crippen molar-refractivity contribution in [1.82, 2.24) is 0 Å². The molecule has 0 radical (unpaired) electrons. The number of allylic oxidation sites excluding steroid dienone is 1. The zero-order chi connectivity index (χ0) is 19.7. The van der Waals surface area contributed by atoms with Gasteiger partial charge in [-0.2, -0.15) is 0 Å². The van der Waals surface area contributed by atoms with Crippen LogP contribution < -0.4 is 15.6 Å². The number of benzene rings is 3. The van der Waals surface area contributed by atoms with E-state index in [0.29, 0.717) is 6.42 Å². The molecule has 2 atom stereocenters. The van der Waals surface area contributed by atoms with Crippen molar-refractivity contribution in [2.45, 2.75) is 25.4 Å². The molecule has 0 amide bonds. The van der Waals surface area contributed by atoms with Crippen molar-refractivity contribution in [2.75, 3.05) is 0 Å². The van der Waals surface area contributed by atoms with Crippen molar-refractivity contribution in [3.8, 4) is 0 Å². The van der Waals surface area contributed by atoms with Crippen molar-refractivity contribution in [2.24, 2.45) is 5.92 Å². The molecule has 0 bridgehead atoms. The lowest BCUT2D eigenvalue weighted by molar-refractivity contribution is -0.114. The highest BCUT2D eigenvalue weighted by Gasteiger charge is 2.47. The Kier molecular flexibility index (Phi) is 4.78.